The van der Waals surface area contributed by atoms with Crippen LogP contribution in [-0.2, 0) is 9.53 Å². The van der Waals surface area contributed by atoms with Crippen LogP contribution in [0.25, 0.3) is 6.08 Å². The van der Waals surface area contributed by atoms with E-state index in [2.05, 4.69) is 4.90 Å². The number of hydrogen-bond donors (Lipinski definition) is 0. The lowest BCUT2D eigenvalue weighted by Crippen LogP contribution is -2.50. The third kappa shape index (κ3) is 4.36. The number of nitrogens with zero attached hydrogens (tertiary/aromatic N) is 2. The van der Waals surface area contributed by atoms with E-state index in [0.29, 0.717) is 6.10 Å². The van der Waals surface area contributed by atoms with Gasteiger partial charge in [-0.3, -0.25) is 9.69 Å². The molecule has 3 rings (SSSR count). The number of amides is 1. The summed E-state index contributed by atoms with van der Waals surface area (Å²) in [4.78, 5) is 16.7. The summed E-state index contributed by atoms with van der Waals surface area (Å²) in [6.07, 6.45) is 6.21. The van der Waals surface area contributed by atoms with Gasteiger partial charge in [-0.2, -0.15) is 0 Å². The number of rotatable bonds is 5. The average molecular weight is 330 g/mol. The van der Waals surface area contributed by atoms with Gasteiger partial charge in [0, 0.05) is 51.0 Å². The molecule has 0 bridgehead atoms. The van der Waals surface area contributed by atoms with Crippen LogP contribution in [0.4, 0.5) is 0 Å². The van der Waals surface area contributed by atoms with Crippen LogP contribution in [0.5, 0.6) is 5.75 Å². The summed E-state index contributed by atoms with van der Waals surface area (Å²) in [5.41, 5.74) is 0.922. The smallest absolute Gasteiger partial charge is 0.246 e. The van der Waals surface area contributed by atoms with E-state index < -0.39 is 0 Å². The first-order valence-electron chi connectivity index (χ1n) is 8.70. The zero-order valence-corrected chi connectivity index (χ0v) is 14.3. The number of piperazine rings is 1. The Balaban J connectivity index is 1.48. The molecule has 1 amide bonds. The molecular weight excluding hydrogens is 304 g/mol. The Morgan fingerprint density at radius 3 is 2.79 bits per heavy atom. The van der Waals surface area contributed by atoms with Crippen molar-refractivity contribution in [1.29, 1.82) is 0 Å². The van der Waals surface area contributed by atoms with E-state index in [-0.39, 0.29) is 5.91 Å². The van der Waals surface area contributed by atoms with E-state index in [1.165, 1.54) is 12.8 Å². The summed E-state index contributed by atoms with van der Waals surface area (Å²) in [6, 6.07) is 7.71. The zero-order chi connectivity index (χ0) is 16.8. The van der Waals surface area contributed by atoms with Crippen molar-refractivity contribution in [2.45, 2.75) is 18.9 Å². The van der Waals surface area contributed by atoms with Crippen molar-refractivity contribution in [3.63, 3.8) is 0 Å². The number of benzene rings is 1. The van der Waals surface area contributed by atoms with Crippen LogP contribution in [0, 0.1) is 0 Å². The largest absolute Gasteiger partial charge is 0.496 e. The molecule has 0 aliphatic carbocycles. The van der Waals surface area contributed by atoms with Gasteiger partial charge in [-0.05, 0) is 25.0 Å². The van der Waals surface area contributed by atoms with E-state index in [1.807, 2.05) is 35.2 Å². The molecule has 2 saturated heterocycles. The van der Waals surface area contributed by atoms with E-state index in [9.17, 15) is 4.79 Å². The topological polar surface area (TPSA) is 42.0 Å². The minimum Gasteiger partial charge on any atom is -0.496 e. The molecule has 5 nitrogen and oxygen atoms in total. The number of hydrogen-bond acceptors (Lipinski definition) is 4. The lowest BCUT2D eigenvalue weighted by Gasteiger charge is -2.35. The number of methoxy groups -OCH3 is 1. The second kappa shape index (κ2) is 8.31. The van der Waals surface area contributed by atoms with Crippen LogP contribution in [0.1, 0.15) is 18.4 Å². The third-order valence-corrected chi connectivity index (χ3v) is 4.71. The van der Waals surface area contributed by atoms with Crippen molar-refractivity contribution >= 4 is 12.0 Å². The molecule has 1 atom stereocenters. The van der Waals surface area contributed by atoms with Gasteiger partial charge in [0.25, 0.3) is 0 Å². The van der Waals surface area contributed by atoms with Gasteiger partial charge in [-0.15, -0.1) is 0 Å². The molecule has 2 fully saturated rings. The molecule has 0 saturated carbocycles. The highest BCUT2D eigenvalue weighted by molar-refractivity contribution is 5.92. The van der Waals surface area contributed by atoms with Crippen LogP contribution >= 0.6 is 0 Å². The minimum absolute atomic E-state index is 0.0673. The second-order valence-corrected chi connectivity index (χ2v) is 6.34. The standard InChI is InChI=1S/C19H26N2O3/c1-23-18-7-3-2-5-16(18)8-9-19(22)21-12-10-20(11-13-21)15-17-6-4-14-24-17/h2-3,5,7-9,17H,4,6,10-15H2,1H3. The highest BCUT2D eigenvalue weighted by Crippen LogP contribution is 2.19. The van der Waals surface area contributed by atoms with Gasteiger partial charge in [-0.25, -0.2) is 0 Å². The second-order valence-electron chi connectivity index (χ2n) is 6.34. The first-order chi connectivity index (χ1) is 11.8. The lowest BCUT2D eigenvalue weighted by molar-refractivity contribution is -0.127. The first kappa shape index (κ1) is 17.0. The van der Waals surface area contributed by atoms with Gasteiger partial charge in [0.2, 0.25) is 5.91 Å². The van der Waals surface area contributed by atoms with Crippen LogP contribution < -0.4 is 4.74 Å². The van der Waals surface area contributed by atoms with Crippen molar-refractivity contribution in [2.75, 3.05) is 46.4 Å². The number of para-hydroxylation sites is 1. The highest BCUT2D eigenvalue weighted by Gasteiger charge is 2.24. The van der Waals surface area contributed by atoms with Crippen LogP contribution in [0.3, 0.4) is 0 Å². The monoisotopic (exact) mass is 330 g/mol. The third-order valence-electron chi connectivity index (χ3n) is 4.71. The van der Waals surface area contributed by atoms with Crippen LogP contribution in [0.2, 0.25) is 0 Å². The zero-order valence-electron chi connectivity index (χ0n) is 14.3. The predicted molar refractivity (Wildman–Crippen MR) is 94.0 cm³/mol. The van der Waals surface area contributed by atoms with Gasteiger partial charge >= 0.3 is 0 Å². The fraction of sp³-hybridized carbons (Fsp3) is 0.526. The molecule has 1 unspecified atom stereocenters. The SMILES string of the molecule is COc1ccccc1C=CC(=O)N1CCN(CC2CCCO2)CC1. The summed E-state index contributed by atoms with van der Waals surface area (Å²) >= 11 is 0. The Kier molecular flexibility index (Phi) is 5.88. The molecule has 24 heavy (non-hydrogen) atoms. The summed E-state index contributed by atoms with van der Waals surface area (Å²) in [5, 5.41) is 0. The molecule has 0 aromatic heterocycles. The fourth-order valence-corrected chi connectivity index (χ4v) is 3.30. The Bertz CT molecular complexity index is 574. The molecule has 5 heteroatoms. The molecule has 0 N–H and O–H groups in total. The summed E-state index contributed by atoms with van der Waals surface area (Å²) in [7, 11) is 1.64. The Labute approximate surface area is 143 Å². The summed E-state index contributed by atoms with van der Waals surface area (Å²) in [6.45, 7) is 5.31. The molecule has 0 radical (unpaired) electrons. The predicted octanol–water partition coefficient (Wildman–Crippen LogP) is 2.03. The fourth-order valence-electron chi connectivity index (χ4n) is 3.30. The molecule has 2 heterocycles. The highest BCUT2D eigenvalue weighted by atomic mass is 16.5. The van der Waals surface area contributed by atoms with E-state index >= 15 is 0 Å². The Morgan fingerprint density at radius 1 is 1.29 bits per heavy atom. The molecule has 1 aromatic carbocycles. The Morgan fingerprint density at radius 2 is 2.08 bits per heavy atom. The number of carbonyl (C=O) groups excluding carboxylic acids is 1. The van der Waals surface area contributed by atoms with Gasteiger partial charge in [0.15, 0.2) is 0 Å². The number of carbonyl (C=O) groups is 1. The maximum absolute atomic E-state index is 12.4. The van der Waals surface area contributed by atoms with Gasteiger partial charge < -0.3 is 14.4 Å². The van der Waals surface area contributed by atoms with Crippen molar-refractivity contribution in [3.8, 4) is 5.75 Å². The van der Waals surface area contributed by atoms with E-state index in [0.717, 1.165) is 50.6 Å². The van der Waals surface area contributed by atoms with Crippen LogP contribution in [-0.4, -0.2) is 68.3 Å². The van der Waals surface area contributed by atoms with Crippen molar-refractivity contribution < 1.29 is 14.3 Å². The molecular formula is C19H26N2O3. The van der Waals surface area contributed by atoms with Crippen molar-refractivity contribution in [1.82, 2.24) is 9.80 Å². The van der Waals surface area contributed by atoms with Gasteiger partial charge in [0.1, 0.15) is 5.75 Å². The quantitative estimate of drug-likeness (QED) is 0.775. The normalized spacial score (nSPS) is 22.2. The molecule has 2 aliphatic rings. The van der Waals surface area contributed by atoms with Gasteiger partial charge in [0.05, 0.1) is 13.2 Å². The van der Waals surface area contributed by atoms with Crippen molar-refractivity contribution in [3.05, 3.63) is 35.9 Å². The Hall–Kier alpha value is -1.85. The molecule has 1 aromatic rings. The molecule has 0 spiro atoms. The van der Waals surface area contributed by atoms with Crippen molar-refractivity contribution in [2.24, 2.45) is 0 Å². The molecule has 130 valence electrons. The first-order valence-corrected chi connectivity index (χ1v) is 8.70. The van der Waals surface area contributed by atoms with Crippen LogP contribution in [0.15, 0.2) is 30.3 Å². The maximum Gasteiger partial charge on any atom is 0.246 e. The summed E-state index contributed by atoms with van der Waals surface area (Å²) < 4.78 is 11.0. The minimum atomic E-state index is 0.0673. The van der Waals surface area contributed by atoms with E-state index in [1.54, 1.807) is 13.2 Å². The maximum atomic E-state index is 12.4. The lowest BCUT2D eigenvalue weighted by atomic mass is 10.2. The number of ether oxygens (including phenoxy) is 2. The average Bonchev–Trinajstić information content (AvgIpc) is 3.13. The van der Waals surface area contributed by atoms with Gasteiger partial charge in [-0.1, -0.05) is 18.2 Å². The summed E-state index contributed by atoms with van der Waals surface area (Å²) in [5.74, 6) is 0.848. The van der Waals surface area contributed by atoms with E-state index in [4.69, 9.17) is 9.47 Å². The molecule has 2 aliphatic heterocycles.